The number of benzene rings is 2. The van der Waals surface area contributed by atoms with Crippen LogP contribution >= 0.6 is 0 Å². The van der Waals surface area contributed by atoms with E-state index in [0.29, 0.717) is 12.0 Å². The number of hydrogen-bond donors (Lipinski definition) is 1. The number of carbonyl (C=O) groups excluding carboxylic acids is 3. The molecule has 2 aromatic rings. The lowest BCUT2D eigenvalue weighted by Crippen LogP contribution is -2.32. The summed E-state index contributed by atoms with van der Waals surface area (Å²) in [4.78, 5) is 38.8. The maximum absolute atomic E-state index is 13.0. The van der Waals surface area contributed by atoms with E-state index in [4.69, 9.17) is 5.11 Å². The van der Waals surface area contributed by atoms with Crippen LogP contribution in [0.5, 0.6) is 0 Å². The van der Waals surface area contributed by atoms with E-state index >= 15 is 0 Å². The van der Waals surface area contributed by atoms with Crippen molar-refractivity contribution in [1.82, 2.24) is 9.21 Å². The lowest BCUT2D eigenvalue weighted by atomic mass is 9.84. The van der Waals surface area contributed by atoms with Crippen molar-refractivity contribution in [1.29, 1.82) is 0 Å². The van der Waals surface area contributed by atoms with Crippen molar-refractivity contribution in [3.8, 4) is 0 Å². The van der Waals surface area contributed by atoms with Gasteiger partial charge in [0.25, 0.3) is 0 Å². The van der Waals surface area contributed by atoms with Crippen LogP contribution in [0.15, 0.2) is 47.4 Å². The lowest BCUT2D eigenvalue weighted by molar-refractivity contribution is -0.130. The quantitative estimate of drug-likeness (QED) is 0.561. The summed E-state index contributed by atoms with van der Waals surface area (Å²) in [7, 11) is -0.940. The first kappa shape index (κ1) is 22.8. The molecule has 0 atom stereocenters. The van der Waals surface area contributed by atoms with Gasteiger partial charge in [-0.05, 0) is 24.6 Å². The number of aliphatic hydroxyl groups excluding tert-OH is 1. The number of amides is 1. The number of aliphatic hydroxyl groups is 1. The molecule has 0 heterocycles. The zero-order valence-electron chi connectivity index (χ0n) is 17.4. The van der Waals surface area contributed by atoms with E-state index in [0.717, 1.165) is 4.31 Å². The molecule has 0 fully saturated rings. The number of nitrogens with zero attached hydrogens (tertiary/aromatic N) is 2. The van der Waals surface area contributed by atoms with Gasteiger partial charge < -0.3 is 10.0 Å². The molecule has 9 heteroatoms. The van der Waals surface area contributed by atoms with Crippen LogP contribution in [0.4, 0.5) is 0 Å². The lowest BCUT2D eigenvalue weighted by Gasteiger charge is -2.21. The Hall–Kier alpha value is -2.88. The van der Waals surface area contributed by atoms with Crippen LogP contribution in [-0.2, 0) is 14.8 Å². The van der Waals surface area contributed by atoms with Gasteiger partial charge >= 0.3 is 0 Å². The normalized spacial score (nSPS) is 13.2. The predicted molar refractivity (Wildman–Crippen MR) is 114 cm³/mol. The summed E-state index contributed by atoms with van der Waals surface area (Å²) in [5.74, 6) is -0.883. The van der Waals surface area contributed by atoms with E-state index in [-0.39, 0.29) is 65.2 Å². The Morgan fingerprint density at radius 1 is 0.903 bits per heavy atom. The molecule has 1 amide bonds. The van der Waals surface area contributed by atoms with E-state index in [9.17, 15) is 22.8 Å². The molecule has 0 radical (unpaired) electrons. The van der Waals surface area contributed by atoms with Crippen molar-refractivity contribution in [2.75, 3.05) is 33.8 Å². The second-order valence-electron chi connectivity index (χ2n) is 7.38. The molecule has 8 nitrogen and oxygen atoms in total. The molecular formula is C22H24N2O6S. The van der Waals surface area contributed by atoms with Gasteiger partial charge in [-0.15, -0.1) is 0 Å². The molecule has 1 aliphatic rings. The smallest absolute Gasteiger partial charge is 0.242 e. The summed E-state index contributed by atoms with van der Waals surface area (Å²) in [5.41, 5.74) is 0.818. The maximum Gasteiger partial charge on any atom is 0.242 e. The SMILES string of the molecule is CN(CCO)C(=O)CCCN(C)S(=O)(=O)c1ccc2c(c1)C(=O)c1ccccc1C2=O. The number of hydrogen-bond acceptors (Lipinski definition) is 6. The van der Waals surface area contributed by atoms with E-state index in [1.807, 2.05) is 0 Å². The monoisotopic (exact) mass is 444 g/mol. The summed E-state index contributed by atoms with van der Waals surface area (Å²) in [6.07, 6.45) is 0.449. The summed E-state index contributed by atoms with van der Waals surface area (Å²) in [6, 6.07) is 10.4. The second kappa shape index (κ2) is 9.09. The molecule has 0 saturated carbocycles. The van der Waals surface area contributed by atoms with Crippen molar-refractivity contribution < 1.29 is 27.9 Å². The van der Waals surface area contributed by atoms with Gasteiger partial charge in [-0.2, -0.15) is 0 Å². The topological polar surface area (TPSA) is 112 Å². The highest BCUT2D eigenvalue weighted by Crippen LogP contribution is 2.29. The van der Waals surface area contributed by atoms with Crippen LogP contribution in [0.2, 0.25) is 0 Å². The number of likely N-dealkylation sites (N-methyl/N-ethyl adjacent to an activating group) is 1. The van der Waals surface area contributed by atoms with Gasteiger partial charge in [-0.3, -0.25) is 14.4 Å². The number of rotatable bonds is 8. The maximum atomic E-state index is 13.0. The Morgan fingerprint density at radius 3 is 2.10 bits per heavy atom. The predicted octanol–water partition coefficient (Wildman–Crippen LogP) is 1.31. The molecule has 0 spiro atoms. The number of fused-ring (bicyclic) bond motifs is 2. The van der Waals surface area contributed by atoms with Gasteiger partial charge in [-0.25, -0.2) is 12.7 Å². The number of sulfonamides is 1. The highest BCUT2D eigenvalue weighted by Gasteiger charge is 2.31. The third-order valence-corrected chi connectivity index (χ3v) is 7.18. The zero-order chi connectivity index (χ0) is 22.8. The molecular weight excluding hydrogens is 420 g/mol. The van der Waals surface area contributed by atoms with Crippen molar-refractivity contribution in [2.24, 2.45) is 0 Å². The fourth-order valence-electron chi connectivity index (χ4n) is 3.46. The average Bonchev–Trinajstić information content (AvgIpc) is 2.77. The molecule has 2 aromatic carbocycles. The molecule has 1 N–H and O–H groups in total. The fraction of sp³-hybridized carbons (Fsp3) is 0.318. The van der Waals surface area contributed by atoms with Crippen LogP contribution in [0, 0.1) is 0 Å². The minimum Gasteiger partial charge on any atom is -0.395 e. The first-order valence-corrected chi connectivity index (χ1v) is 11.3. The van der Waals surface area contributed by atoms with Gasteiger partial charge in [0, 0.05) is 55.9 Å². The zero-order valence-corrected chi connectivity index (χ0v) is 18.2. The van der Waals surface area contributed by atoms with Crippen molar-refractivity contribution in [2.45, 2.75) is 17.7 Å². The van der Waals surface area contributed by atoms with Gasteiger partial charge in [0.1, 0.15) is 0 Å². The summed E-state index contributed by atoms with van der Waals surface area (Å²) in [5, 5.41) is 8.88. The van der Waals surface area contributed by atoms with E-state index in [2.05, 4.69) is 0 Å². The van der Waals surface area contributed by atoms with E-state index in [1.54, 1.807) is 31.3 Å². The Labute approximate surface area is 181 Å². The number of carbonyl (C=O) groups is 3. The van der Waals surface area contributed by atoms with Crippen molar-refractivity contribution >= 4 is 27.5 Å². The van der Waals surface area contributed by atoms with Crippen molar-refractivity contribution in [3.63, 3.8) is 0 Å². The Balaban J connectivity index is 1.77. The summed E-state index contributed by atoms with van der Waals surface area (Å²) >= 11 is 0. The minimum atomic E-state index is -3.91. The Morgan fingerprint density at radius 2 is 1.48 bits per heavy atom. The highest BCUT2D eigenvalue weighted by molar-refractivity contribution is 7.89. The van der Waals surface area contributed by atoms with Crippen LogP contribution < -0.4 is 0 Å². The molecule has 164 valence electrons. The van der Waals surface area contributed by atoms with E-state index < -0.39 is 10.0 Å². The first-order chi connectivity index (χ1) is 14.7. The van der Waals surface area contributed by atoms with Gasteiger partial charge in [0.15, 0.2) is 11.6 Å². The number of ketones is 2. The van der Waals surface area contributed by atoms with Crippen molar-refractivity contribution in [3.05, 3.63) is 64.7 Å². The standard InChI is InChI=1S/C22H24N2O6S/c1-23(12-13-25)20(26)8-5-11-24(2)31(29,30)15-9-10-18-19(14-15)22(28)17-7-4-3-6-16(17)21(18)27/h3-4,6-7,9-10,14,25H,5,8,11-13H2,1-2H3. The molecule has 0 unspecified atom stereocenters. The average molecular weight is 445 g/mol. The third kappa shape index (κ3) is 4.43. The van der Waals surface area contributed by atoms with Gasteiger partial charge in [0.2, 0.25) is 15.9 Å². The van der Waals surface area contributed by atoms with Crippen LogP contribution in [0.25, 0.3) is 0 Å². The van der Waals surface area contributed by atoms with E-state index in [1.165, 1.54) is 30.1 Å². The fourth-order valence-corrected chi connectivity index (χ4v) is 4.69. The Kier molecular flexibility index (Phi) is 6.68. The largest absolute Gasteiger partial charge is 0.395 e. The molecule has 1 aliphatic carbocycles. The Bertz CT molecular complexity index is 1140. The third-order valence-electron chi connectivity index (χ3n) is 5.33. The molecule has 0 bridgehead atoms. The van der Waals surface area contributed by atoms with Crippen LogP contribution in [0.1, 0.15) is 44.7 Å². The van der Waals surface area contributed by atoms with Gasteiger partial charge in [-0.1, -0.05) is 24.3 Å². The molecule has 0 aliphatic heterocycles. The molecule has 0 saturated heterocycles. The van der Waals surface area contributed by atoms with Crippen LogP contribution in [-0.4, -0.2) is 74.0 Å². The molecule has 31 heavy (non-hydrogen) atoms. The minimum absolute atomic E-state index is 0.0685. The summed E-state index contributed by atoms with van der Waals surface area (Å²) in [6.45, 7) is 0.187. The highest BCUT2D eigenvalue weighted by atomic mass is 32.2. The van der Waals surface area contributed by atoms with Crippen LogP contribution in [0.3, 0.4) is 0 Å². The first-order valence-electron chi connectivity index (χ1n) is 9.82. The molecule has 0 aromatic heterocycles. The van der Waals surface area contributed by atoms with Gasteiger partial charge in [0.05, 0.1) is 11.5 Å². The second-order valence-corrected chi connectivity index (χ2v) is 9.43. The summed E-state index contributed by atoms with van der Waals surface area (Å²) < 4.78 is 27.1. The molecule has 3 rings (SSSR count).